The molecule has 98 valence electrons. The number of nitrogens with zero attached hydrogens (tertiary/aromatic N) is 1. The molecule has 2 aliphatic rings. The molecule has 1 aliphatic heterocycles. The number of benzene rings is 1. The van der Waals surface area contributed by atoms with E-state index in [-0.39, 0.29) is 0 Å². The Balaban J connectivity index is 1.66. The standard InChI is InChI=1S/C16H24N2/c1-2-10-17-15-8-5-9-16(15)18-11-13-6-3-4-7-14(13)12-18/h3-4,6-7,15-17H,2,5,8-12H2,1H3. The molecule has 1 heterocycles. The third-order valence-corrected chi connectivity index (χ3v) is 4.47. The van der Waals surface area contributed by atoms with Gasteiger partial charge in [0.05, 0.1) is 0 Å². The smallest absolute Gasteiger partial charge is 0.0256 e. The first-order valence-electron chi connectivity index (χ1n) is 7.42. The average Bonchev–Trinajstić information content (AvgIpc) is 3.01. The summed E-state index contributed by atoms with van der Waals surface area (Å²) in [5, 5.41) is 3.74. The van der Waals surface area contributed by atoms with Crippen LogP contribution in [0.2, 0.25) is 0 Å². The number of fused-ring (bicyclic) bond motifs is 1. The molecule has 0 amide bonds. The van der Waals surface area contributed by atoms with Crippen molar-refractivity contribution in [2.24, 2.45) is 0 Å². The van der Waals surface area contributed by atoms with E-state index in [0.717, 1.165) is 25.2 Å². The van der Waals surface area contributed by atoms with Gasteiger partial charge in [0.25, 0.3) is 0 Å². The van der Waals surface area contributed by atoms with Crippen LogP contribution in [0.5, 0.6) is 0 Å². The normalized spacial score (nSPS) is 27.6. The van der Waals surface area contributed by atoms with Crippen LogP contribution in [0.15, 0.2) is 24.3 Å². The van der Waals surface area contributed by atoms with E-state index in [1.807, 2.05) is 0 Å². The van der Waals surface area contributed by atoms with E-state index in [2.05, 4.69) is 41.4 Å². The lowest BCUT2D eigenvalue weighted by Gasteiger charge is -2.29. The molecule has 2 unspecified atom stereocenters. The summed E-state index contributed by atoms with van der Waals surface area (Å²) in [6, 6.07) is 10.4. The summed E-state index contributed by atoms with van der Waals surface area (Å²) in [7, 11) is 0. The van der Waals surface area contributed by atoms with Crippen molar-refractivity contribution in [2.45, 2.75) is 57.8 Å². The summed E-state index contributed by atoms with van der Waals surface area (Å²) in [4.78, 5) is 2.69. The Labute approximate surface area is 110 Å². The minimum atomic E-state index is 0.722. The quantitative estimate of drug-likeness (QED) is 0.876. The van der Waals surface area contributed by atoms with Crippen molar-refractivity contribution >= 4 is 0 Å². The lowest BCUT2D eigenvalue weighted by molar-refractivity contribution is 0.173. The van der Waals surface area contributed by atoms with Crippen molar-refractivity contribution in [2.75, 3.05) is 6.54 Å². The van der Waals surface area contributed by atoms with Gasteiger partial charge < -0.3 is 5.32 Å². The summed E-state index contributed by atoms with van der Waals surface area (Å²) >= 11 is 0. The SMILES string of the molecule is CCCNC1CCCC1N1Cc2ccccc2C1. The third kappa shape index (κ3) is 2.32. The molecule has 2 atom stereocenters. The molecule has 0 aromatic heterocycles. The molecule has 3 rings (SSSR count). The van der Waals surface area contributed by atoms with Crippen LogP contribution in [0, 0.1) is 0 Å². The zero-order valence-electron chi connectivity index (χ0n) is 11.4. The van der Waals surface area contributed by atoms with Crippen molar-refractivity contribution in [1.29, 1.82) is 0 Å². The maximum Gasteiger partial charge on any atom is 0.0256 e. The Bertz CT molecular complexity index is 377. The molecule has 1 aliphatic carbocycles. The third-order valence-electron chi connectivity index (χ3n) is 4.47. The molecule has 1 fully saturated rings. The minimum Gasteiger partial charge on any atom is -0.312 e. The number of hydrogen-bond donors (Lipinski definition) is 1. The second-order valence-corrected chi connectivity index (χ2v) is 5.73. The molecule has 0 saturated heterocycles. The molecule has 1 aromatic rings. The van der Waals surface area contributed by atoms with Gasteiger partial charge in [0, 0.05) is 25.2 Å². The molecule has 0 spiro atoms. The number of nitrogens with one attached hydrogen (secondary N) is 1. The summed E-state index contributed by atoms with van der Waals surface area (Å²) in [5.74, 6) is 0. The van der Waals surface area contributed by atoms with Crippen molar-refractivity contribution in [3.8, 4) is 0 Å². The van der Waals surface area contributed by atoms with Gasteiger partial charge >= 0.3 is 0 Å². The zero-order chi connectivity index (χ0) is 12.4. The second-order valence-electron chi connectivity index (χ2n) is 5.73. The van der Waals surface area contributed by atoms with E-state index in [1.165, 1.54) is 32.2 Å². The molecule has 0 radical (unpaired) electrons. The Morgan fingerprint density at radius 1 is 1.17 bits per heavy atom. The van der Waals surface area contributed by atoms with Crippen LogP contribution in [-0.2, 0) is 13.1 Å². The van der Waals surface area contributed by atoms with Crippen LogP contribution in [0.1, 0.15) is 43.7 Å². The average molecular weight is 244 g/mol. The molecule has 1 saturated carbocycles. The van der Waals surface area contributed by atoms with Crippen LogP contribution in [0.25, 0.3) is 0 Å². The van der Waals surface area contributed by atoms with Crippen molar-refractivity contribution < 1.29 is 0 Å². The van der Waals surface area contributed by atoms with Gasteiger partial charge in [0.15, 0.2) is 0 Å². The van der Waals surface area contributed by atoms with E-state index in [0.29, 0.717) is 0 Å². The number of hydrogen-bond acceptors (Lipinski definition) is 2. The highest BCUT2D eigenvalue weighted by atomic mass is 15.2. The summed E-state index contributed by atoms with van der Waals surface area (Å²) in [6.45, 7) is 5.74. The van der Waals surface area contributed by atoms with Gasteiger partial charge in [0.1, 0.15) is 0 Å². The highest BCUT2D eigenvalue weighted by Crippen LogP contribution is 2.31. The van der Waals surface area contributed by atoms with E-state index in [4.69, 9.17) is 0 Å². The van der Waals surface area contributed by atoms with E-state index >= 15 is 0 Å². The van der Waals surface area contributed by atoms with Gasteiger partial charge in [-0.3, -0.25) is 4.90 Å². The van der Waals surface area contributed by atoms with Gasteiger partial charge in [-0.1, -0.05) is 37.6 Å². The molecule has 18 heavy (non-hydrogen) atoms. The van der Waals surface area contributed by atoms with Crippen LogP contribution >= 0.6 is 0 Å². The van der Waals surface area contributed by atoms with Crippen LogP contribution < -0.4 is 5.32 Å². The fourth-order valence-corrected chi connectivity index (χ4v) is 3.54. The fraction of sp³-hybridized carbons (Fsp3) is 0.625. The Morgan fingerprint density at radius 3 is 2.56 bits per heavy atom. The van der Waals surface area contributed by atoms with Crippen molar-refractivity contribution in [3.05, 3.63) is 35.4 Å². The molecule has 2 heteroatoms. The Kier molecular flexibility index (Phi) is 3.67. The highest BCUT2D eigenvalue weighted by molar-refractivity contribution is 5.30. The van der Waals surface area contributed by atoms with Gasteiger partial charge in [0.2, 0.25) is 0 Å². The molecule has 1 N–H and O–H groups in total. The maximum atomic E-state index is 3.74. The summed E-state index contributed by atoms with van der Waals surface area (Å²) in [5.41, 5.74) is 3.08. The number of rotatable bonds is 4. The fourth-order valence-electron chi connectivity index (χ4n) is 3.54. The Morgan fingerprint density at radius 2 is 1.89 bits per heavy atom. The van der Waals surface area contributed by atoms with E-state index in [9.17, 15) is 0 Å². The lowest BCUT2D eigenvalue weighted by Crippen LogP contribution is -2.44. The van der Waals surface area contributed by atoms with Crippen LogP contribution in [0.3, 0.4) is 0 Å². The van der Waals surface area contributed by atoms with Gasteiger partial charge in [-0.2, -0.15) is 0 Å². The van der Waals surface area contributed by atoms with Crippen molar-refractivity contribution in [3.63, 3.8) is 0 Å². The van der Waals surface area contributed by atoms with Gasteiger partial charge in [-0.25, -0.2) is 0 Å². The van der Waals surface area contributed by atoms with Gasteiger partial charge in [-0.15, -0.1) is 0 Å². The Hall–Kier alpha value is -0.860. The summed E-state index contributed by atoms with van der Waals surface area (Å²) < 4.78 is 0. The minimum absolute atomic E-state index is 0.722. The molecule has 2 nitrogen and oxygen atoms in total. The van der Waals surface area contributed by atoms with Gasteiger partial charge in [-0.05, 0) is 36.9 Å². The first kappa shape index (κ1) is 12.2. The predicted octanol–water partition coefficient (Wildman–Crippen LogP) is 2.92. The van der Waals surface area contributed by atoms with E-state index in [1.54, 1.807) is 11.1 Å². The lowest BCUT2D eigenvalue weighted by atomic mass is 10.1. The van der Waals surface area contributed by atoms with E-state index < -0.39 is 0 Å². The monoisotopic (exact) mass is 244 g/mol. The first-order valence-corrected chi connectivity index (χ1v) is 7.42. The zero-order valence-corrected chi connectivity index (χ0v) is 11.4. The highest BCUT2D eigenvalue weighted by Gasteiger charge is 2.34. The van der Waals surface area contributed by atoms with Crippen molar-refractivity contribution in [1.82, 2.24) is 10.2 Å². The van der Waals surface area contributed by atoms with Crippen LogP contribution in [-0.4, -0.2) is 23.5 Å². The second kappa shape index (κ2) is 5.41. The molecular formula is C16H24N2. The molecular weight excluding hydrogens is 220 g/mol. The predicted molar refractivity (Wildman–Crippen MR) is 75.4 cm³/mol. The first-order chi connectivity index (χ1) is 8.88. The van der Waals surface area contributed by atoms with Crippen LogP contribution in [0.4, 0.5) is 0 Å². The summed E-state index contributed by atoms with van der Waals surface area (Å²) in [6.07, 6.45) is 5.36. The maximum absolute atomic E-state index is 3.74. The molecule has 0 bridgehead atoms. The topological polar surface area (TPSA) is 15.3 Å². The largest absolute Gasteiger partial charge is 0.312 e. The molecule has 1 aromatic carbocycles.